The van der Waals surface area contributed by atoms with Gasteiger partial charge in [0.25, 0.3) is 0 Å². The maximum absolute atomic E-state index is 15.0. The van der Waals surface area contributed by atoms with Crippen molar-refractivity contribution in [3.8, 4) is 45.3 Å². The fourth-order valence-corrected chi connectivity index (χ4v) is 5.72. The molecule has 236 valence electrons. The third kappa shape index (κ3) is 6.28. The molecule has 3 aromatic heterocycles. The standard InChI is InChI=1S/C29H22F6N4O5S/c1-14-37-24(29(33,34)35)12-39(14)22-7-6-16(17-10-21(30)20(13-40)23(11-17)45(3,41)42)9-19(22)25-26(43-15(2)38-25)18-5-4-8-36-27(18)44-28(31)32/h4-12,28,40H,13H2,1-3H3. The lowest BCUT2D eigenvalue weighted by Gasteiger charge is -2.16. The maximum atomic E-state index is 15.0. The minimum atomic E-state index is -4.78. The quantitative estimate of drug-likeness (QED) is 0.188. The van der Waals surface area contributed by atoms with Gasteiger partial charge in [-0.2, -0.15) is 22.0 Å². The molecule has 0 unspecified atom stereocenters. The number of benzene rings is 2. The molecule has 1 N–H and O–H groups in total. The Morgan fingerprint density at radius 2 is 1.78 bits per heavy atom. The van der Waals surface area contributed by atoms with Crippen LogP contribution in [0.5, 0.6) is 5.88 Å². The molecule has 0 aliphatic carbocycles. The minimum Gasteiger partial charge on any atom is -0.440 e. The summed E-state index contributed by atoms with van der Waals surface area (Å²) >= 11 is 0. The van der Waals surface area contributed by atoms with E-state index in [1.165, 1.54) is 50.4 Å². The van der Waals surface area contributed by atoms with Crippen molar-refractivity contribution in [2.24, 2.45) is 0 Å². The summed E-state index contributed by atoms with van der Waals surface area (Å²) in [7, 11) is -4.01. The summed E-state index contributed by atoms with van der Waals surface area (Å²) in [5, 5.41) is 9.61. The molecule has 0 amide bonds. The molecular formula is C29H22F6N4O5S. The van der Waals surface area contributed by atoms with Crippen molar-refractivity contribution in [3.63, 3.8) is 0 Å². The molecule has 3 heterocycles. The summed E-state index contributed by atoms with van der Waals surface area (Å²) in [6.45, 7) is -1.36. The summed E-state index contributed by atoms with van der Waals surface area (Å²) in [6, 6.07) is 9.11. The number of sulfone groups is 1. The number of hydrogen-bond donors (Lipinski definition) is 1. The first-order chi connectivity index (χ1) is 21.1. The summed E-state index contributed by atoms with van der Waals surface area (Å²) < 4.78 is 119. The predicted molar refractivity (Wildman–Crippen MR) is 148 cm³/mol. The molecule has 0 aliphatic heterocycles. The molecule has 9 nitrogen and oxygen atoms in total. The van der Waals surface area contributed by atoms with Gasteiger partial charge in [-0.1, -0.05) is 6.07 Å². The van der Waals surface area contributed by atoms with Gasteiger partial charge in [-0.25, -0.2) is 27.8 Å². The van der Waals surface area contributed by atoms with Gasteiger partial charge in [0.05, 0.1) is 22.8 Å². The fraction of sp³-hybridized carbons (Fsp3) is 0.207. The number of ether oxygens (including phenoxy) is 1. The Morgan fingerprint density at radius 3 is 2.40 bits per heavy atom. The first-order valence-corrected chi connectivity index (χ1v) is 14.8. The van der Waals surface area contributed by atoms with Gasteiger partial charge in [0, 0.05) is 36.7 Å². The number of alkyl halides is 5. The molecule has 0 radical (unpaired) electrons. The predicted octanol–water partition coefficient (Wildman–Crippen LogP) is 6.53. The van der Waals surface area contributed by atoms with E-state index in [2.05, 4.69) is 19.7 Å². The highest BCUT2D eigenvalue weighted by atomic mass is 32.2. The largest absolute Gasteiger partial charge is 0.440 e. The van der Waals surface area contributed by atoms with Gasteiger partial charge < -0.3 is 18.8 Å². The molecule has 0 saturated carbocycles. The van der Waals surface area contributed by atoms with Crippen molar-refractivity contribution >= 4 is 9.84 Å². The van der Waals surface area contributed by atoms with Crippen LogP contribution in [0.25, 0.3) is 39.4 Å². The number of nitrogens with zero attached hydrogens (tertiary/aromatic N) is 4. The number of hydrogen-bond acceptors (Lipinski definition) is 8. The first kappa shape index (κ1) is 31.7. The van der Waals surface area contributed by atoms with Gasteiger partial charge in [-0.3, -0.25) is 0 Å². The fourth-order valence-electron chi connectivity index (χ4n) is 4.76. The van der Waals surface area contributed by atoms with Gasteiger partial charge >= 0.3 is 12.8 Å². The Balaban J connectivity index is 1.82. The van der Waals surface area contributed by atoms with Gasteiger partial charge in [0.2, 0.25) is 5.88 Å². The Bertz CT molecular complexity index is 2020. The van der Waals surface area contributed by atoms with Crippen molar-refractivity contribution in [3.05, 3.63) is 83.6 Å². The lowest BCUT2D eigenvalue weighted by atomic mass is 9.97. The number of oxazole rings is 1. The van der Waals surface area contributed by atoms with E-state index in [-0.39, 0.29) is 51.1 Å². The topological polar surface area (TPSA) is 120 Å². The maximum Gasteiger partial charge on any atom is 0.434 e. The SMILES string of the molecule is Cc1nc(-c2cc(-c3cc(F)c(CO)c(S(C)(=O)=O)c3)ccc2-n2cc(C(F)(F)F)nc2C)c(-c2cccnc2OC(F)F)o1. The molecule has 0 aliphatic rings. The monoisotopic (exact) mass is 652 g/mol. The second-order valence-electron chi connectivity index (χ2n) is 9.78. The smallest absolute Gasteiger partial charge is 0.434 e. The van der Waals surface area contributed by atoms with Crippen LogP contribution in [0.2, 0.25) is 0 Å². The minimum absolute atomic E-state index is 0.0334. The van der Waals surface area contributed by atoms with Crippen molar-refractivity contribution < 1.29 is 49.0 Å². The van der Waals surface area contributed by atoms with Crippen LogP contribution in [-0.2, 0) is 22.6 Å². The highest BCUT2D eigenvalue weighted by Crippen LogP contribution is 2.42. The lowest BCUT2D eigenvalue weighted by Crippen LogP contribution is -2.06. The van der Waals surface area contributed by atoms with E-state index >= 15 is 4.39 Å². The van der Waals surface area contributed by atoms with Crippen molar-refractivity contribution in [1.29, 1.82) is 0 Å². The van der Waals surface area contributed by atoms with E-state index in [0.717, 1.165) is 29.2 Å². The van der Waals surface area contributed by atoms with E-state index in [1.807, 2.05) is 0 Å². The second-order valence-corrected chi connectivity index (χ2v) is 11.8. The number of aliphatic hydroxyl groups is 1. The zero-order valence-corrected chi connectivity index (χ0v) is 24.3. The molecule has 0 fully saturated rings. The van der Waals surface area contributed by atoms with Crippen molar-refractivity contribution in [2.75, 3.05) is 6.26 Å². The summed E-state index contributed by atoms with van der Waals surface area (Å²) in [5.41, 5.74) is -1.32. The van der Waals surface area contributed by atoms with Gasteiger partial charge in [-0.05, 0) is 54.4 Å². The van der Waals surface area contributed by atoms with Gasteiger partial charge in [-0.15, -0.1) is 0 Å². The number of aliphatic hydroxyl groups excluding tert-OH is 1. The highest BCUT2D eigenvalue weighted by molar-refractivity contribution is 7.90. The van der Waals surface area contributed by atoms with Crippen LogP contribution in [0.4, 0.5) is 26.3 Å². The Morgan fingerprint density at radius 1 is 1.04 bits per heavy atom. The third-order valence-electron chi connectivity index (χ3n) is 6.68. The molecule has 16 heteroatoms. The van der Waals surface area contributed by atoms with Crippen LogP contribution < -0.4 is 4.74 Å². The molecule has 2 aromatic carbocycles. The van der Waals surface area contributed by atoms with E-state index in [9.17, 15) is 35.5 Å². The Labute approximate surface area is 251 Å². The summed E-state index contributed by atoms with van der Waals surface area (Å²) in [4.78, 5) is 11.4. The van der Waals surface area contributed by atoms with Crippen LogP contribution >= 0.6 is 0 Å². The van der Waals surface area contributed by atoms with Crippen molar-refractivity contribution in [2.45, 2.75) is 38.1 Å². The number of aromatic nitrogens is 4. The third-order valence-corrected chi connectivity index (χ3v) is 7.84. The number of imidazole rings is 1. The van der Waals surface area contributed by atoms with Gasteiger partial charge in [0.1, 0.15) is 17.3 Å². The second kappa shape index (κ2) is 11.7. The molecule has 45 heavy (non-hydrogen) atoms. The average molecular weight is 653 g/mol. The van der Waals surface area contributed by atoms with E-state index in [1.54, 1.807) is 0 Å². The van der Waals surface area contributed by atoms with Crippen LogP contribution in [0.15, 0.2) is 64.2 Å². The van der Waals surface area contributed by atoms with Crippen LogP contribution in [-0.4, -0.2) is 45.9 Å². The molecular weight excluding hydrogens is 630 g/mol. The molecule has 0 atom stereocenters. The summed E-state index contributed by atoms with van der Waals surface area (Å²) in [5.74, 6) is -1.68. The lowest BCUT2D eigenvalue weighted by molar-refractivity contribution is -0.141. The van der Waals surface area contributed by atoms with E-state index in [4.69, 9.17) is 4.42 Å². The highest BCUT2D eigenvalue weighted by Gasteiger charge is 2.35. The molecule has 5 rings (SSSR count). The number of aryl methyl sites for hydroxylation is 2. The molecule has 0 spiro atoms. The van der Waals surface area contributed by atoms with Crippen LogP contribution in [0.1, 0.15) is 23.0 Å². The van der Waals surface area contributed by atoms with Crippen LogP contribution in [0, 0.1) is 19.7 Å². The van der Waals surface area contributed by atoms with E-state index in [0.29, 0.717) is 0 Å². The zero-order valence-electron chi connectivity index (χ0n) is 23.5. The number of halogens is 6. The molecule has 0 bridgehead atoms. The Kier molecular flexibility index (Phi) is 8.22. The van der Waals surface area contributed by atoms with Crippen molar-refractivity contribution in [1.82, 2.24) is 19.5 Å². The number of rotatable bonds is 8. The van der Waals surface area contributed by atoms with Crippen LogP contribution in [0.3, 0.4) is 0 Å². The zero-order chi connectivity index (χ0) is 32.8. The Hall–Kier alpha value is -4.70. The summed E-state index contributed by atoms with van der Waals surface area (Å²) in [6.07, 6.45) is -1.98. The molecule has 5 aromatic rings. The normalized spacial score (nSPS) is 12.2. The van der Waals surface area contributed by atoms with Gasteiger partial charge in [0.15, 0.2) is 27.2 Å². The first-order valence-electron chi connectivity index (χ1n) is 12.9. The van der Waals surface area contributed by atoms with E-state index < -0.39 is 57.1 Å². The molecule has 0 saturated heterocycles. The average Bonchev–Trinajstić information content (AvgIpc) is 3.54. The number of pyridine rings is 1.